The molecule has 1 fully saturated rings. The van der Waals surface area contributed by atoms with E-state index in [1.165, 1.54) is 32.1 Å². The molecule has 2 amide bonds. The number of hydrogen-bond donors (Lipinski definition) is 5. The molecular formula is C36H51N11O6. The largest absolute Gasteiger partial charge is 0.379 e. The van der Waals surface area contributed by atoms with Gasteiger partial charge in [0.1, 0.15) is 0 Å². The topological polar surface area (TPSA) is 219 Å². The van der Waals surface area contributed by atoms with Crippen LogP contribution in [0.5, 0.6) is 0 Å². The van der Waals surface area contributed by atoms with Crippen molar-refractivity contribution in [3.8, 4) is 0 Å². The first kappa shape index (κ1) is 40.7. The molecule has 0 bridgehead atoms. The van der Waals surface area contributed by atoms with Crippen molar-refractivity contribution in [2.75, 3.05) is 102 Å². The number of carbonyl (C=O) groups excluding carboxylic acids is 2. The van der Waals surface area contributed by atoms with E-state index in [1.54, 1.807) is 36.4 Å². The molecule has 0 spiro atoms. The van der Waals surface area contributed by atoms with Gasteiger partial charge in [0.2, 0.25) is 17.8 Å². The van der Waals surface area contributed by atoms with Crippen LogP contribution in [0.15, 0.2) is 59.7 Å². The van der Waals surface area contributed by atoms with E-state index in [-0.39, 0.29) is 18.4 Å². The fourth-order valence-corrected chi connectivity index (χ4v) is 5.35. The highest BCUT2D eigenvalue weighted by Crippen LogP contribution is 2.24. The fraction of sp³-hybridized carbons (Fsp3) is 0.528. The number of nitrogens with one attached hydrogen (secondary N) is 5. The summed E-state index contributed by atoms with van der Waals surface area (Å²) < 4.78 is 22.0. The number of aromatic nitrogens is 3. The third-order valence-electron chi connectivity index (χ3n) is 8.08. The zero-order valence-corrected chi connectivity index (χ0v) is 30.1. The van der Waals surface area contributed by atoms with Crippen molar-refractivity contribution in [2.24, 2.45) is 11.0 Å². The van der Waals surface area contributed by atoms with Crippen molar-refractivity contribution in [2.45, 2.75) is 32.1 Å². The molecule has 1 aromatic heterocycles. The van der Waals surface area contributed by atoms with Crippen LogP contribution in [-0.2, 0) is 18.9 Å². The molecule has 17 nitrogen and oxygen atoms in total. The van der Waals surface area contributed by atoms with Crippen LogP contribution in [0.4, 0.5) is 23.5 Å². The zero-order chi connectivity index (χ0) is 37.2. The molecule has 0 atom stereocenters. The van der Waals surface area contributed by atoms with Gasteiger partial charge in [0.25, 0.3) is 11.8 Å². The lowest BCUT2D eigenvalue weighted by atomic mass is 9.89. The van der Waals surface area contributed by atoms with Crippen LogP contribution in [0.25, 0.3) is 10.4 Å². The molecular weight excluding hydrogens is 682 g/mol. The molecule has 0 saturated heterocycles. The lowest BCUT2D eigenvalue weighted by Crippen LogP contribution is -2.27. The Hall–Kier alpha value is -5.06. The number of rotatable bonds is 26. The van der Waals surface area contributed by atoms with Crippen LogP contribution in [0.2, 0.25) is 0 Å². The molecule has 2 aromatic carbocycles. The number of hydrogen-bond acceptors (Lipinski definition) is 13. The summed E-state index contributed by atoms with van der Waals surface area (Å²) in [4.78, 5) is 41.1. The van der Waals surface area contributed by atoms with Gasteiger partial charge >= 0.3 is 0 Å². The average molecular weight is 734 g/mol. The van der Waals surface area contributed by atoms with Gasteiger partial charge < -0.3 is 45.5 Å². The van der Waals surface area contributed by atoms with Crippen molar-refractivity contribution >= 4 is 35.3 Å². The van der Waals surface area contributed by atoms with Crippen molar-refractivity contribution < 1.29 is 28.5 Å². The molecule has 1 saturated carbocycles. The predicted octanol–water partition coefficient (Wildman–Crippen LogP) is 4.56. The fourth-order valence-electron chi connectivity index (χ4n) is 5.35. The van der Waals surface area contributed by atoms with E-state index < -0.39 is 0 Å². The normalized spacial score (nSPS) is 12.8. The molecule has 286 valence electrons. The molecule has 1 aliphatic carbocycles. The quantitative estimate of drug-likeness (QED) is 0.0332. The third kappa shape index (κ3) is 16.9. The van der Waals surface area contributed by atoms with Crippen LogP contribution in [0.3, 0.4) is 0 Å². The Morgan fingerprint density at radius 3 is 1.83 bits per heavy atom. The Morgan fingerprint density at radius 2 is 1.21 bits per heavy atom. The van der Waals surface area contributed by atoms with Gasteiger partial charge in [-0.25, -0.2) is 0 Å². The molecule has 53 heavy (non-hydrogen) atoms. The Bertz CT molecular complexity index is 1540. The summed E-state index contributed by atoms with van der Waals surface area (Å²) in [6.07, 6.45) is 6.18. The summed E-state index contributed by atoms with van der Waals surface area (Å²) in [5, 5.41) is 18.9. The molecule has 17 heteroatoms. The Labute approximate surface area is 310 Å². The van der Waals surface area contributed by atoms with Crippen LogP contribution in [-0.4, -0.2) is 112 Å². The molecule has 0 radical (unpaired) electrons. The van der Waals surface area contributed by atoms with Gasteiger partial charge in [0, 0.05) is 54.4 Å². The van der Waals surface area contributed by atoms with Gasteiger partial charge in [-0.1, -0.05) is 42.6 Å². The van der Waals surface area contributed by atoms with E-state index in [2.05, 4.69) is 51.6 Å². The van der Waals surface area contributed by atoms with Gasteiger partial charge in [-0.15, -0.1) is 0 Å². The summed E-state index contributed by atoms with van der Waals surface area (Å²) in [6.45, 7) is 5.38. The van der Waals surface area contributed by atoms with E-state index in [0.29, 0.717) is 113 Å². The van der Waals surface area contributed by atoms with Crippen LogP contribution >= 0.6 is 0 Å². The van der Waals surface area contributed by atoms with E-state index in [9.17, 15) is 9.59 Å². The Morgan fingerprint density at radius 1 is 0.660 bits per heavy atom. The first-order chi connectivity index (χ1) is 26.1. The summed E-state index contributed by atoms with van der Waals surface area (Å²) in [5.41, 5.74) is 10.1. The Kier molecular flexibility index (Phi) is 19.2. The van der Waals surface area contributed by atoms with Crippen molar-refractivity contribution in [1.82, 2.24) is 25.6 Å². The maximum absolute atomic E-state index is 12.6. The predicted molar refractivity (Wildman–Crippen MR) is 202 cm³/mol. The lowest BCUT2D eigenvalue weighted by Gasteiger charge is -2.21. The molecule has 0 aliphatic heterocycles. The maximum Gasteiger partial charge on any atom is 0.251 e. The summed E-state index contributed by atoms with van der Waals surface area (Å²) in [7, 11) is 0. The second kappa shape index (κ2) is 25.0. The Balaban J connectivity index is 1.17. The average Bonchev–Trinajstić information content (AvgIpc) is 3.19. The molecule has 4 rings (SSSR count). The highest BCUT2D eigenvalue weighted by molar-refractivity contribution is 5.94. The van der Waals surface area contributed by atoms with Crippen LogP contribution < -0.4 is 26.6 Å². The summed E-state index contributed by atoms with van der Waals surface area (Å²) in [6, 6.07) is 16.1. The number of carbonyl (C=O) groups is 2. The van der Waals surface area contributed by atoms with E-state index in [1.807, 2.05) is 18.2 Å². The van der Waals surface area contributed by atoms with Crippen molar-refractivity contribution in [3.63, 3.8) is 0 Å². The molecule has 1 heterocycles. The van der Waals surface area contributed by atoms with E-state index >= 15 is 0 Å². The number of nitrogens with zero attached hydrogens (tertiary/aromatic N) is 6. The minimum atomic E-state index is -0.215. The zero-order valence-electron chi connectivity index (χ0n) is 30.1. The first-order valence-corrected chi connectivity index (χ1v) is 18.1. The van der Waals surface area contributed by atoms with Gasteiger partial charge in [-0.05, 0) is 60.7 Å². The number of benzene rings is 2. The van der Waals surface area contributed by atoms with Crippen molar-refractivity contribution in [3.05, 3.63) is 76.2 Å². The number of azide groups is 1. The van der Waals surface area contributed by atoms with Crippen molar-refractivity contribution in [1.29, 1.82) is 0 Å². The highest BCUT2D eigenvalue weighted by atomic mass is 16.5. The molecule has 3 aromatic rings. The number of anilines is 4. The first-order valence-electron chi connectivity index (χ1n) is 18.1. The number of ether oxygens (including phenoxy) is 4. The van der Waals surface area contributed by atoms with Crippen LogP contribution in [0.1, 0.15) is 52.8 Å². The lowest BCUT2D eigenvalue weighted by molar-refractivity contribution is 0.0511. The second-order valence-electron chi connectivity index (χ2n) is 12.1. The molecule has 0 unspecified atom stereocenters. The molecule has 5 N–H and O–H groups in total. The smallest absolute Gasteiger partial charge is 0.251 e. The third-order valence-corrected chi connectivity index (χ3v) is 8.08. The van der Waals surface area contributed by atoms with Crippen LogP contribution in [0, 0.1) is 5.92 Å². The second-order valence-corrected chi connectivity index (χ2v) is 12.1. The maximum atomic E-state index is 12.6. The standard InChI is InChI=1S/C36H51N11O6/c37-47-42-18-22-53-26-25-51-20-16-39-33(49)30-11-13-31(14-12-30)43-36-45-34(44-35(46-36)41-27-28-7-3-1-4-8-28)40-17-21-52-24-23-50-19-15-38-32(48)29-9-5-2-6-10-29/h2,5-6,9-14,28H,1,3-4,7-8,15-27H2,(H,38,48)(H,39,49)(H3,40,41,43,44,45,46). The highest BCUT2D eigenvalue weighted by Gasteiger charge is 2.15. The minimum absolute atomic E-state index is 0.127. The van der Waals surface area contributed by atoms with Gasteiger partial charge in [-0.2, -0.15) is 15.0 Å². The summed E-state index contributed by atoms with van der Waals surface area (Å²) >= 11 is 0. The monoisotopic (exact) mass is 733 g/mol. The van der Waals surface area contributed by atoms with E-state index in [0.717, 1.165) is 6.54 Å². The van der Waals surface area contributed by atoms with Gasteiger partial charge in [0.05, 0.1) is 52.9 Å². The summed E-state index contributed by atoms with van der Waals surface area (Å²) in [5.74, 6) is 1.48. The minimum Gasteiger partial charge on any atom is -0.379 e. The number of amides is 2. The molecule has 1 aliphatic rings. The van der Waals surface area contributed by atoms with E-state index in [4.69, 9.17) is 24.5 Å². The van der Waals surface area contributed by atoms with Gasteiger partial charge in [0.15, 0.2) is 0 Å². The SMILES string of the molecule is [N-]=[N+]=NCCOCCOCCNC(=O)c1ccc(Nc2nc(NCCOCCOCCNC(=O)c3ccccc3)nc(NCC3CCCCC3)n2)cc1. The van der Waals surface area contributed by atoms with Gasteiger partial charge in [-0.3, -0.25) is 9.59 Å².